The third kappa shape index (κ3) is 4.20. The number of nitrogens with two attached hydrogens (primary N) is 1. The second kappa shape index (κ2) is 7.67. The van der Waals surface area contributed by atoms with E-state index in [-0.39, 0.29) is 42.0 Å². The molecule has 1 fully saturated rings. The lowest BCUT2D eigenvalue weighted by atomic mass is 9.89. The second-order valence-electron chi connectivity index (χ2n) is 6.04. The van der Waals surface area contributed by atoms with E-state index in [0.29, 0.717) is 0 Å². The quantitative estimate of drug-likeness (QED) is 0.665. The summed E-state index contributed by atoms with van der Waals surface area (Å²) in [6, 6.07) is 0.797. The lowest BCUT2D eigenvalue weighted by Crippen LogP contribution is -2.49. The SMILES string of the molecule is NC(=O)c1c(COCF)nn2c(C(=O)NC3CC(OC(F)(F)F)C3)ccnc12. The van der Waals surface area contributed by atoms with Crippen molar-refractivity contribution in [2.45, 2.75) is 38.0 Å². The lowest BCUT2D eigenvalue weighted by molar-refractivity contribution is -0.351. The third-order valence-corrected chi connectivity index (χ3v) is 4.12. The highest BCUT2D eigenvalue weighted by atomic mass is 19.4. The molecule has 0 aliphatic heterocycles. The normalized spacial score (nSPS) is 19.4. The Morgan fingerprint density at radius 2 is 2.07 bits per heavy atom. The Balaban J connectivity index is 1.78. The third-order valence-electron chi connectivity index (χ3n) is 4.12. The number of alkyl halides is 4. The van der Waals surface area contributed by atoms with Crippen molar-refractivity contribution in [3.63, 3.8) is 0 Å². The topological polar surface area (TPSA) is 121 Å². The number of rotatable bonds is 7. The first-order chi connectivity index (χ1) is 13.2. The smallest absolute Gasteiger partial charge is 0.365 e. The largest absolute Gasteiger partial charge is 0.522 e. The zero-order valence-corrected chi connectivity index (χ0v) is 14.2. The van der Waals surface area contributed by atoms with Crippen molar-refractivity contribution in [1.29, 1.82) is 0 Å². The predicted molar refractivity (Wildman–Crippen MR) is 83.7 cm³/mol. The minimum atomic E-state index is -4.73. The van der Waals surface area contributed by atoms with Gasteiger partial charge < -0.3 is 15.8 Å². The molecule has 1 aliphatic carbocycles. The maximum absolute atomic E-state index is 12.5. The van der Waals surface area contributed by atoms with E-state index in [0.717, 1.165) is 4.52 Å². The van der Waals surface area contributed by atoms with Gasteiger partial charge in [0.2, 0.25) is 0 Å². The molecule has 1 aliphatic rings. The molecule has 1 saturated carbocycles. The number of amides is 2. The second-order valence-corrected chi connectivity index (χ2v) is 6.04. The molecule has 152 valence electrons. The van der Waals surface area contributed by atoms with Crippen LogP contribution in [0.4, 0.5) is 17.6 Å². The van der Waals surface area contributed by atoms with Crippen molar-refractivity contribution in [1.82, 2.24) is 19.9 Å². The van der Waals surface area contributed by atoms with Crippen LogP contribution >= 0.6 is 0 Å². The van der Waals surface area contributed by atoms with E-state index < -0.39 is 37.2 Å². The van der Waals surface area contributed by atoms with Crippen LogP contribution in [0.25, 0.3) is 5.65 Å². The van der Waals surface area contributed by atoms with E-state index >= 15 is 0 Å². The van der Waals surface area contributed by atoms with Crippen molar-refractivity contribution in [3.05, 3.63) is 29.2 Å². The number of hydrogen-bond donors (Lipinski definition) is 2. The average Bonchev–Trinajstić information content (AvgIpc) is 2.95. The summed E-state index contributed by atoms with van der Waals surface area (Å²) in [7, 11) is 0. The molecule has 2 heterocycles. The van der Waals surface area contributed by atoms with Gasteiger partial charge in [-0.2, -0.15) is 5.10 Å². The number of fused-ring (bicyclic) bond motifs is 1. The summed E-state index contributed by atoms with van der Waals surface area (Å²) in [5.74, 6) is -1.53. The van der Waals surface area contributed by atoms with Crippen LogP contribution in [0.3, 0.4) is 0 Å². The molecule has 28 heavy (non-hydrogen) atoms. The molecule has 0 atom stereocenters. The molecule has 0 aromatic carbocycles. The minimum Gasteiger partial charge on any atom is -0.365 e. The summed E-state index contributed by atoms with van der Waals surface area (Å²) in [4.78, 5) is 28.2. The maximum Gasteiger partial charge on any atom is 0.522 e. The Bertz CT molecular complexity index is 894. The molecule has 2 aromatic rings. The highest BCUT2D eigenvalue weighted by molar-refractivity contribution is 6.01. The van der Waals surface area contributed by atoms with Gasteiger partial charge in [-0.25, -0.2) is 13.9 Å². The molecular weight excluding hydrogens is 390 g/mol. The summed E-state index contributed by atoms with van der Waals surface area (Å²) in [5, 5.41) is 6.59. The van der Waals surface area contributed by atoms with Gasteiger partial charge in [0.25, 0.3) is 11.8 Å². The summed E-state index contributed by atoms with van der Waals surface area (Å²) in [6.07, 6.45) is -4.50. The van der Waals surface area contributed by atoms with Crippen LogP contribution in [0.15, 0.2) is 12.3 Å². The Hall–Kier alpha value is -2.80. The van der Waals surface area contributed by atoms with Crippen LogP contribution in [0.5, 0.6) is 0 Å². The fourth-order valence-corrected chi connectivity index (χ4v) is 2.88. The molecule has 0 bridgehead atoms. The van der Waals surface area contributed by atoms with Gasteiger partial charge in [0.15, 0.2) is 12.5 Å². The molecule has 3 rings (SSSR count). The van der Waals surface area contributed by atoms with Crippen LogP contribution < -0.4 is 11.1 Å². The number of halogens is 4. The van der Waals surface area contributed by atoms with Crippen molar-refractivity contribution < 1.29 is 36.6 Å². The fourth-order valence-electron chi connectivity index (χ4n) is 2.88. The molecule has 2 aromatic heterocycles. The van der Waals surface area contributed by atoms with Crippen LogP contribution in [0, 0.1) is 0 Å². The molecule has 9 nitrogen and oxygen atoms in total. The molecule has 0 unspecified atom stereocenters. The van der Waals surface area contributed by atoms with Crippen molar-refractivity contribution >= 4 is 17.5 Å². The summed E-state index contributed by atoms with van der Waals surface area (Å²) < 4.78 is 58.2. The molecule has 0 radical (unpaired) electrons. The predicted octanol–water partition coefficient (Wildman–Crippen LogP) is 1.07. The van der Waals surface area contributed by atoms with E-state index in [9.17, 15) is 27.2 Å². The van der Waals surface area contributed by atoms with Crippen LogP contribution in [-0.2, 0) is 16.1 Å². The van der Waals surface area contributed by atoms with E-state index in [1.807, 2.05) is 0 Å². The van der Waals surface area contributed by atoms with Gasteiger partial charge in [0.1, 0.15) is 17.0 Å². The zero-order chi connectivity index (χ0) is 20.5. The number of nitrogens with zero attached hydrogens (tertiary/aromatic N) is 3. The Labute approximate surface area is 154 Å². The first kappa shape index (κ1) is 19.9. The molecule has 3 N–H and O–H groups in total. The number of carbonyl (C=O) groups is 2. The number of aromatic nitrogens is 3. The molecule has 13 heteroatoms. The number of hydrogen-bond acceptors (Lipinski definition) is 6. The van der Waals surface area contributed by atoms with E-state index in [1.54, 1.807) is 0 Å². The van der Waals surface area contributed by atoms with Gasteiger partial charge in [-0.1, -0.05) is 0 Å². The van der Waals surface area contributed by atoms with Crippen molar-refractivity contribution in [2.75, 3.05) is 6.86 Å². The van der Waals surface area contributed by atoms with Gasteiger partial charge in [-0.05, 0) is 18.9 Å². The Morgan fingerprint density at radius 3 is 2.68 bits per heavy atom. The van der Waals surface area contributed by atoms with Gasteiger partial charge >= 0.3 is 6.36 Å². The van der Waals surface area contributed by atoms with Gasteiger partial charge in [0.05, 0.1) is 12.7 Å². The lowest BCUT2D eigenvalue weighted by Gasteiger charge is -2.35. The van der Waals surface area contributed by atoms with Gasteiger partial charge in [-0.15, -0.1) is 13.2 Å². The van der Waals surface area contributed by atoms with Crippen LogP contribution in [0.1, 0.15) is 39.4 Å². The number of ether oxygens (including phenoxy) is 2. The van der Waals surface area contributed by atoms with E-state index in [1.165, 1.54) is 12.3 Å². The van der Waals surface area contributed by atoms with E-state index in [4.69, 9.17) is 5.73 Å². The van der Waals surface area contributed by atoms with Crippen molar-refractivity contribution in [2.24, 2.45) is 5.73 Å². The highest BCUT2D eigenvalue weighted by Crippen LogP contribution is 2.30. The fraction of sp³-hybridized carbons (Fsp3) is 0.467. The molecular formula is C15H15F4N5O4. The van der Waals surface area contributed by atoms with E-state index in [2.05, 4.69) is 24.9 Å². The number of primary amides is 1. The minimum absolute atomic E-state index is 0.000172. The molecule has 0 spiro atoms. The average molecular weight is 405 g/mol. The Kier molecular flexibility index (Phi) is 5.47. The van der Waals surface area contributed by atoms with Crippen LogP contribution in [-0.4, -0.2) is 51.8 Å². The van der Waals surface area contributed by atoms with Crippen molar-refractivity contribution in [3.8, 4) is 0 Å². The number of carbonyl (C=O) groups excluding carboxylic acids is 2. The zero-order valence-electron chi connectivity index (χ0n) is 14.2. The summed E-state index contributed by atoms with van der Waals surface area (Å²) >= 11 is 0. The first-order valence-corrected chi connectivity index (χ1v) is 8.05. The highest BCUT2D eigenvalue weighted by Gasteiger charge is 2.40. The first-order valence-electron chi connectivity index (χ1n) is 8.05. The van der Waals surface area contributed by atoms with Gasteiger partial charge in [-0.3, -0.25) is 14.3 Å². The summed E-state index contributed by atoms with van der Waals surface area (Å²) in [5.41, 5.74) is 5.14. The monoisotopic (exact) mass is 405 g/mol. The summed E-state index contributed by atoms with van der Waals surface area (Å²) in [6.45, 7) is -1.48. The number of nitrogens with one attached hydrogen (secondary N) is 1. The molecule has 0 saturated heterocycles. The van der Waals surface area contributed by atoms with Crippen LogP contribution in [0.2, 0.25) is 0 Å². The molecule has 2 amide bonds. The maximum atomic E-state index is 12.5. The Morgan fingerprint density at radius 1 is 1.36 bits per heavy atom. The van der Waals surface area contributed by atoms with Gasteiger partial charge in [0, 0.05) is 12.2 Å². The standard InChI is InChI=1S/C15H15F4N5O4/c16-6-27-5-9-11(12(20)25)13-21-2-1-10(24(13)23-9)14(26)22-7-3-8(4-7)28-15(17,18)19/h1-2,7-8H,3-6H2,(H2,20,25)(H,22,26).